The molecule has 7 heteroatoms. The summed E-state index contributed by atoms with van der Waals surface area (Å²) in [5.74, 6) is -0.862. The van der Waals surface area contributed by atoms with Crippen LogP contribution in [0.3, 0.4) is 0 Å². The van der Waals surface area contributed by atoms with Crippen molar-refractivity contribution in [3.05, 3.63) is 88.2 Å². The molecule has 2 aromatic rings. The first-order chi connectivity index (χ1) is 14.0. The molecule has 0 spiro atoms. The van der Waals surface area contributed by atoms with Gasteiger partial charge in [0.2, 0.25) is 0 Å². The molecular formula is C22H19FN4O2. The van der Waals surface area contributed by atoms with E-state index < -0.39 is 11.7 Å². The molecule has 29 heavy (non-hydrogen) atoms. The van der Waals surface area contributed by atoms with Crippen LogP contribution in [0.25, 0.3) is 16.9 Å². The average molecular weight is 390 g/mol. The second kappa shape index (κ2) is 7.35. The van der Waals surface area contributed by atoms with Crippen LogP contribution in [-0.2, 0) is 6.54 Å². The van der Waals surface area contributed by atoms with Crippen LogP contribution in [-0.4, -0.2) is 20.3 Å². The van der Waals surface area contributed by atoms with Gasteiger partial charge in [-0.15, -0.1) is 0 Å². The summed E-state index contributed by atoms with van der Waals surface area (Å²) in [6.07, 6.45) is 3.33. The fraction of sp³-hybridized carbons (Fsp3) is 0.136. The zero-order chi connectivity index (χ0) is 20.5. The molecule has 2 heterocycles. The molecular weight excluding hydrogens is 371 g/mol. The predicted molar refractivity (Wildman–Crippen MR) is 109 cm³/mol. The van der Waals surface area contributed by atoms with Gasteiger partial charge in [0.15, 0.2) is 0 Å². The molecule has 1 N–H and O–H groups in total. The number of aromatic nitrogens is 3. The zero-order valence-electron chi connectivity index (χ0n) is 16.0. The van der Waals surface area contributed by atoms with Crippen LogP contribution in [0.4, 0.5) is 10.1 Å². The molecule has 2 aliphatic rings. The summed E-state index contributed by atoms with van der Waals surface area (Å²) in [6.45, 7) is 4.14. The van der Waals surface area contributed by atoms with Crippen molar-refractivity contribution in [3.63, 3.8) is 0 Å². The highest BCUT2D eigenvalue weighted by atomic mass is 19.1. The molecule has 4 rings (SSSR count). The number of nitrogens with one attached hydrogen (secondary N) is 1. The Hall–Kier alpha value is -3.74. The maximum Gasteiger partial charge on any atom is 0.282 e. The molecule has 0 atom stereocenters. The Bertz CT molecular complexity index is 1230. The smallest absolute Gasteiger partial charge is 0.282 e. The van der Waals surface area contributed by atoms with E-state index in [0.29, 0.717) is 34.7 Å². The lowest BCUT2D eigenvalue weighted by molar-refractivity contribution is 0.102. The van der Waals surface area contributed by atoms with Crippen LogP contribution >= 0.6 is 0 Å². The van der Waals surface area contributed by atoms with Crippen LogP contribution in [0.2, 0.25) is 0 Å². The number of halogens is 1. The van der Waals surface area contributed by atoms with Crippen molar-refractivity contribution in [1.82, 2.24) is 14.3 Å². The Kier molecular flexibility index (Phi) is 4.72. The van der Waals surface area contributed by atoms with Crippen LogP contribution in [0.1, 0.15) is 22.8 Å². The summed E-state index contributed by atoms with van der Waals surface area (Å²) >= 11 is 0. The molecule has 0 aliphatic carbocycles. The first-order valence-electron chi connectivity index (χ1n) is 9.23. The van der Waals surface area contributed by atoms with Crippen molar-refractivity contribution in [2.75, 3.05) is 5.32 Å². The summed E-state index contributed by atoms with van der Waals surface area (Å²) in [6, 6.07) is 13.5. The number of amides is 1. The first kappa shape index (κ1) is 18.6. The molecule has 0 unspecified atom stereocenters. The topological polar surface area (TPSA) is 68.9 Å². The molecule has 6 nitrogen and oxygen atoms in total. The van der Waals surface area contributed by atoms with Crippen LogP contribution in [0.5, 0.6) is 0 Å². The van der Waals surface area contributed by atoms with Gasteiger partial charge in [0.1, 0.15) is 11.5 Å². The zero-order valence-corrected chi connectivity index (χ0v) is 16.0. The van der Waals surface area contributed by atoms with Crippen LogP contribution < -0.4 is 10.9 Å². The standard InChI is InChI=1S/C22H19FN4O2/c1-3-26-12-17(21(28)24-15-10-9-14(2)19(23)11-15)20-18(13-26)22(29)27(25-20)16-7-5-4-6-8-16/h4-13H,3H2,1-2H3,(H,24,28). The summed E-state index contributed by atoms with van der Waals surface area (Å²) in [7, 11) is 0. The quantitative estimate of drug-likeness (QED) is 0.575. The number of carbonyl (C=O) groups is 1. The molecule has 0 fully saturated rings. The van der Waals surface area contributed by atoms with Gasteiger partial charge in [-0.3, -0.25) is 9.59 Å². The van der Waals surface area contributed by atoms with Crippen LogP contribution in [0.15, 0.2) is 65.7 Å². The van der Waals surface area contributed by atoms with Crippen molar-refractivity contribution < 1.29 is 9.18 Å². The van der Waals surface area contributed by atoms with Gasteiger partial charge in [-0.2, -0.15) is 9.78 Å². The molecule has 0 bridgehead atoms. The molecule has 0 aromatic heterocycles. The second-order valence-electron chi connectivity index (χ2n) is 6.74. The third-order valence-corrected chi connectivity index (χ3v) is 4.76. The van der Waals surface area contributed by atoms with E-state index in [4.69, 9.17) is 0 Å². The first-order valence-corrected chi connectivity index (χ1v) is 9.23. The average Bonchev–Trinajstić information content (AvgIpc) is 3.07. The molecule has 0 radical (unpaired) electrons. The SMILES string of the molecule is CCn1cc(C(=O)Nc2ccc(C)c(F)c2)c2nn(-c3ccccc3)c(=O)c-2c1. The number of fused-ring (bicyclic) bond motifs is 1. The lowest BCUT2D eigenvalue weighted by Gasteiger charge is -2.12. The van der Waals surface area contributed by atoms with E-state index in [1.165, 1.54) is 10.7 Å². The number of carbonyl (C=O) groups excluding carboxylic acids is 1. The van der Waals surface area contributed by atoms with Crippen LogP contribution in [0, 0.1) is 12.7 Å². The molecule has 1 amide bonds. The summed E-state index contributed by atoms with van der Waals surface area (Å²) in [4.78, 5) is 25.9. The van der Waals surface area contributed by atoms with Gasteiger partial charge in [-0.25, -0.2) is 4.39 Å². The number of pyridine rings is 1. The fourth-order valence-electron chi connectivity index (χ4n) is 3.12. The second-order valence-corrected chi connectivity index (χ2v) is 6.74. The number of benzene rings is 2. The van der Waals surface area contributed by atoms with E-state index in [0.717, 1.165) is 0 Å². The Morgan fingerprint density at radius 2 is 1.90 bits per heavy atom. The highest BCUT2D eigenvalue weighted by Crippen LogP contribution is 2.24. The minimum Gasteiger partial charge on any atom is -0.353 e. The van der Waals surface area contributed by atoms with Crippen molar-refractivity contribution in [1.29, 1.82) is 0 Å². The van der Waals surface area contributed by atoms with E-state index >= 15 is 0 Å². The number of hydrogen-bond donors (Lipinski definition) is 1. The monoisotopic (exact) mass is 390 g/mol. The number of rotatable bonds is 4. The number of nitrogens with zero attached hydrogens (tertiary/aromatic N) is 3. The van der Waals surface area contributed by atoms with Gasteiger partial charge in [0.25, 0.3) is 11.5 Å². The third-order valence-electron chi connectivity index (χ3n) is 4.76. The third kappa shape index (κ3) is 3.42. The Labute approximate surface area is 166 Å². The summed E-state index contributed by atoms with van der Waals surface area (Å²) < 4.78 is 16.9. The van der Waals surface area contributed by atoms with Gasteiger partial charge >= 0.3 is 0 Å². The van der Waals surface area contributed by atoms with E-state index in [1.54, 1.807) is 48.1 Å². The van der Waals surface area contributed by atoms with Crippen molar-refractivity contribution in [2.24, 2.45) is 0 Å². The molecule has 146 valence electrons. The van der Waals surface area contributed by atoms with E-state index in [9.17, 15) is 14.0 Å². The lowest BCUT2D eigenvalue weighted by Crippen LogP contribution is -2.17. The normalized spacial score (nSPS) is 11.0. The summed E-state index contributed by atoms with van der Waals surface area (Å²) in [5.41, 5.74) is 2.03. The van der Waals surface area contributed by atoms with Crippen molar-refractivity contribution in [3.8, 4) is 16.9 Å². The Morgan fingerprint density at radius 1 is 1.14 bits per heavy atom. The molecule has 2 aromatic carbocycles. The Morgan fingerprint density at radius 3 is 2.59 bits per heavy atom. The van der Waals surface area contributed by atoms with Gasteiger partial charge in [0.05, 0.1) is 16.8 Å². The number of aryl methyl sites for hydroxylation is 2. The summed E-state index contributed by atoms with van der Waals surface area (Å²) in [5, 5.41) is 7.10. The Balaban J connectivity index is 1.81. The largest absolute Gasteiger partial charge is 0.353 e. The van der Waals surface area contributed by atoms with E-state index in [1.807, 2.05) is 25.1 Å². The van der Waals surface area contributed by atoms with E-state index in [2.05, 4.69) is 10.4 Å². The fourth-order valence-corrected chi connectivity index (χ4v) is 3.12. The molecule has 0 saturated heterocycles. The lowest BCUT2D eigenvalue weighted by atomic mass is 10.1. The van der Waals surface area contributed by atoms with Gasteiger partial charge < -0.3 is 9.88 Å². The minimum atomic E-state index is -0.459. The van der Waals surface area contributed by atoms with Crippen molar-refractivity contribution >= 4 is 11.6 Å². The maximum absolute atomic E-state index is 13.8. The van der Waals surface area contributed by atoms with Crippen molar-refractivity contribution in [2.45, 2.75) is 20.4 Å². The maximum atomic E-state index is 13.8. The highest BCUT2D eigenvalue weighted by molar-refractivity contribution is 6.08. The van der Waals surface area contributed by atoms with Gasteiger partial charge in [0, 0.05) is 24.6 Å². The number of hydrogen-bond acceptors (Lipinski definition) is 3. The van der Waals surface area contributed by atoms with Gasteiger partial charge in [-0.05, 0) is 43.7 Å². The molecule has 0 saturated carbocycles. The number of anilines is 1. The highest BCUT2D eigenvalue weighted by Gasteiger charge is 2.24. The minimum absolute atomic E-state index is 0.247. The predicted octanol–water partition coefficient (Wildman–Crippen LogP) is 3.86. The van der Waals surface area contributed by atoms with E-state index in [-0.39, 0.29) is 11.1 Å². The number of para-hydroxylation sites is 1. The van der Waals surface area contributed by atoms with Gasteiger partial charge in [-0.1, -0.05) is 24.3 Å². The molecule has 2 aliphatic heterocycles.